The SMILES string of the molecule is Cc1oc(C)c(C(=O)Nc2nc3ccc(N)cc3s2)c1C. The topological polar surface area (TPSA) is 81.2 Å². The molecule has 0 unspecified atom stereocenters. The van der Waals surface area contributed by atoms with Crippen molar-refractivity contribution in [1.82, 2.24) is 4.98 Å². The van der Waals surface area contributed by atoms with Crippen molar-refractivity contribution in [2.24, 2.45) is 0 Å². The average molecular weight is 301 g/mol. The van der Waals surface area contributed by atoms with Crippen molar-refractivity contribution < 1.29 is 9.21 Å². The first kappa shape index (κ1) is 13.6. The van der Waals surface area contributed by atoms with E-state index in [1.165, 1.54) is 11.3 Å². The first-order valence-corrected chi connectivity index (χ1v) is 7.31. The fourth-order valence-electron chi connectivity index (χ4n) is 2.28. The molecule has 108 valence electrons. The minimum Gasteiger partial charge on any atom is -0.466 e. The number of nitrogens with two attached hydrogens (primary N) is 1. The Balaban J connectivity index is 1.92. The first-order valence-electron chi connectivity index (χ1n) is 6.49. The lowest BCUT2D eigenvalue weighted by Gasteiger charge is -2.01. The molecule has 3 rings (SSSR count). The van der Waals surface area contributed by atoms with Gasteiger partial charge < -0.3 is 10.2 Å². The molecule has 3 N–H and O–H groups in total. The van der Waals surface area contributed by atoms with Gasteiger partial charge in [0, 0.05) is 11.3 Å². The van der Waals surface area contributed by atoms with Crippen LogP contribution >= 0.6 is 11.3 Å². The van der Waals surface area contributed by atoms with Crippen molar-refractivity contribution in [3.8, 4) is 0 Å². The van der Waals surface area contributed by atoms with Crippen LogP contribution in [0.3, 0.4) is 0 Å². The highest BCUT2D eigenvalue weighted by molar-refractivity contribution is 7.22. The van der Waals surface area contributed by atoms with Crippen LogP contribution in [0.5, 0.6) is 0 Å². The summed E-state index contributed by atoms with van der Waals surface area (Å²) >= 11 is 1.40. The zero-order valence-corrected chi connectivity index (χ0v) is 12.8. The standard InChI is InChI=1S/C15H15N3O2S/c1-7-8(2)20-9(3)13(7)14(19)18-15-17-11-5-4-10(16)6-12(11)21-15/h4-6H,16H2,1-3H3,(H,17,18,19). The number of fused-ring (bicyclic) bond motifs is 1. The molecule has 3 aromatic rings. The van der Waals surface area contributed by atoms with Gasteiger partial charge in [0.25, 0.3) is 5.91 Å². The molecule has 0 aliphatic heterocycles. The average Bonchev–Trinajstić information content (AvgIpc) is 2.90. The zero-order valence-electron chi connectivity index (χ0n) is 12.0. The van der Waals surface area contributed by atoms with Gasteiger partial charge in [0.2, 0.25) is 0 Å². The Morgan fingerprint density at radius 1 is 1.29 bits per heavy atom. The van der Waals surface area contributed by atoms with E-state index in [0.29, 0.717) is 22.1 Å². The lowest BCUT2D eigenvalue weighted by molar-refractivity contribution is 0.102. The minimum atomic E-state index is -0.200. The number of nitrogens with zero attached hydrogens (tertiary/aromatic N) is 1. The van der Waals surface area contributed by atoms with Gasteiger partial charge in [0.05, 0.1) is 15.8 Å². The highest BCUT2D eigenvalue weighted by Crippen LogP contribution is 2.29. The second-order valence-electron chi connectivity index (χ2n) is 4.91. The van der Waals surface area contributed by atoms with Crippen LogP contribution < -0.4 is 11.1 Å². The molecule has 2 heterocycles. The Hall–Kier alpha value is -2.34. The number of hydrogen-bond acceptors (Lipinski definition) is 5. The summed E-state index contributed by atoms with van der Waals surface area (Å²) in [7, 11) is 0. The summed E-state index contributed by atoms with van der Waals surface area (Å²) in [4.78, 5) is 16.8. The number of aromatic nitrogens is 1. The van der Waals surface area contributed by atoms with Crippen molar-refractivity contribution in [1.29, 1.82) is 0 Å². The first-order chi connectivity index (χ1) is 9.95. The smallest absolute Gasteiger partial charge is 0.261 e. The van der Waals surface area contributed by atoms with E-state index in [-0.39, 0.29) is 5.91 Å². The monoisotopic (exact) mass is 301 g/mol. The Kier molecular flexibility index (Phi) is 3.17. The summed E-state index contributed by atoms with van der Waals surface area (Å²) in [6, 6.07) is 5.48. The molecule has 0 aliphatic carbocycles. The van der Waals surface area contributed by atoms with Crippen molar-refractivity contribution in [2.45, 2.75) is 20.8 Å². The van der Waals surface area contributed by atoms with Crippen molar-refractivity contribution in [3.05, 3.63) is 40.8 Å². The maximum absolute atomic E-state index is 12.4. The number of carbonyl (C=O) groups is 1. The van der Waals surface area contributed by atoms with Crippen molar-refractivity contribution in [3.63, 3.8) is 0 Å². The second kappa shape index (κ2) is 4.89. The van der Waals surface area contributed by atoms with Gasteiger partial charge >= 0.3 is 0 Å². The number of amides is 1. The molecule has 0 atom stereocenters. The van der Waals surface area contributed by atoms with Gasteiger partial charge in [0.15, 0.2) is 5.13 Å². The Bertz CT molecular complexity index is 848. The fraction of sp³-hybridized carbons (Fsp3) is 0.200. The van der Waals surface area contributed by atoms with E-state index in [1.807, 2.05) is 26.0 Å². The molecular weight excluding hydrogens is 286 g/mol. The molecule has 0 spiro atoms. The molecule has 0 fully saturated rings. The van der Waals surface area contributed by atoms with Gasteiger partial charge in [0.1, 0.15) is 11.5 Å². The molecule has 0 bridgehead atoms. The van der Waals surface area contributed by atoms with Gasteiger partial charge in [-0.05, 0) is 39.0 Å². The third kappa shape index (κ3) is 2.38. The molecule has 0 aliphatic rings. The molecule has 6 heteroatoms. The normalized spacial score (nSPS) is 11.0. The van der Waals surface area contributed by atoms with Crippen molar-refractivity contribution >= 4 is 38.3 Å². The van der Waals surface area contributed by atoms with Crippen LogP contribution in [0.25, 0.3) is 10.2 Å². The van der Waals surface area contributed by atoms with Crippen LogP contribution in [0.15, 0.2) is 22.6 Å². The summed E-state index contributed by atoms with van der Waals surface area (Å²) < 4.78 is 6.43. The molecule has 21 heavy (non-hydrogen) atoms. The highest BCUT2D eigenvalue weighted by Gasteiger charge is 2.19. The van der Waals surface area contributed by atoms with Crippen molar-refractivity contribution in [2.75, 3.05) is 11.1 Å². The lowest BCUT2D eigenvalue weighted by Crippen LogP contribution is -2.13. The van der Waals surface area contributed by atoms with Gasteiger partial charge in [-0.2, -0.15) is 0 Å². The summed E-state index contributed by atoms with van der Waals surface area (Å²) in [5.74, 6) is 1.18. The van der Waals surface area contributed by atoms with Crippen LogP contribution in [-0.2, 0) is 0 Å². The summed E-state index contributed by atoms with van der Waals surface area (Å²) in [6.45, 7) is 5.51. The quantitative estimate of drug-likeness (QED) is 0.708. The van der Waals surface area contributed by atoms with Crippen LogP contribution in [0, 0.1) is 20.8 Å². The number of nitrogens with one attached hydrogen (secondary N) is 1. The van der Waals surface area contributed by atoms with Gasteiger partial charge in [-0.15, -0.1) is 0 Å². The predicted molar refractivity (Wildman–Crippen MR) is 84.9 cm³/mol. The molecule has 0 saturated heterocycles. The van der Waals surface area contributed by atoms with Crippen LogP contribution in [-0.4, -0.2) is 10.9 Å². The Morgan fingerprint density at radius 2 is 2.05 bits per heavy atom. The highest BCUT2D eigenvalue weighted by atomic mass is 32.1. The molecule has 0 radical (unpaired) electrons. The minimum absolute atomic E-state index is 0.200. The van der Waals surface area contributed by atoms with Crippen LogP contribution in [0.1, 0.15) is 27.4 Å². The van der Waals surface area contributed by atoms with E-state index in [0.717, 1.165) is 21.5 Å². The van der Waals surface area contributed by atoms with E-state index in [1.54, 1.807) is 13.0 Å². The van der Waals surface area contributed by atoms with Crippen LogP contribution in [0.2, 0.25) is 0 Å². The third-order valence-corrected chi connectivity index (χ3v) is 4.35. The largest absolute Gasteiger partial charge is 0.466 e. The number of benzene rings is 1. The predicted octanol–water partition coefficient (Wildman–Crippen LogP) is 3.65. The summed E-state index contributed by atoms with van der Waals surface area (Å²) in [6.07, 6.45) is 0. The molecule has 1 amide bonds. The van der Waals surface area contributed by atoms with E-state index < -0.39 is 0 Å². The molecular formula is C15H15N3O2S. The maximum atomic E-state index is 12.4. The van der Waals surface area contributed by atoms with Gasteiger partial charge in [-0.3, -0.25) is 10.1 Å². The van der Waals surface area contributed by atoms with E-state index in [2.05, 4.69) is 10.3 Å². The number of aryl methyl sites for hydroxylation is 2. The fourth-order valence-corrected chi connectivity index (χ4v) is 3.19. The molecule has 0 saturated carbocycles. The number of carbonyl (C=O) groups excluding carboxylic acids is 1. The summed E-state index contributed by atoms with van der Waals surface area (Å²) in [5, 5.41) is 3.38. The maximum Gasteiger partial charge on any atom is 0.261 e. The number of nitrogen functional groups attached to an aromatic ring is 1. The van der Waals surface area contributed by atoms with E-state index in [9.17, 15) is 4.79 Å². The third-order valence-electron chi connectivity index (χ3n) is 3.42. The Morgan fingerprint density at radius 3 is 2.71 bits per heavy atom. The van der Waals surface area contributed by atoms with E-state index in [4.69, 9.17) is 10.2 Å². The lowest BCUT2D eigenvalue weighted by atomic mass is 10.1. The van der Waals surface area contributed by atoms with Crippen LogP contribution in [0.4, 0.5) is 10.8 Å². The Labute approximate surface area is 125 Å². The number of thiazole rings is 1. The molecule has 5 nitrogen and oxygen atoms in total. The zero-order chi connectivity index (χ0) is 15.1. The molecule has 1 aromatic carbocycles. The number of rotatable bonds is 2. The number of furan rings is 1. The number of anilines is 2. The van der Waals surface area contributed by atoms with Gasteiger partial charge in [-0.1, -0.05) is 11.3 Å². The second-order valence-corrected chi connectivity index (χ2v) is 5.95. The van der Waals surface area contributed by atoms with Gasteiger partial charge in [-0.25, -0.2) is 4.98 Å². The molecule has 2 aromatic heterocycles. The summed E-state index contributed by atoms with van der Waals surface area (Å²) in [5.41, 5.74) is 8.68. The number of hydrogen-bond donors (Lipinski definition) is 2. The van der Waals surface area contributed by atoms with E-state index >= 15 is 0 Å².